The zero-order chi connectivity index (χ0) is 20.0. The molecule has 0 aliphatic rings. The van der Waals surface area contributed by atoms with Crippen LogP contribution in [0.2, 0.25) is 0 Å². The van der Waals surface area contributed by atoms with E-state index in [0.29, 0.717) is 6.42 Å². The second-order valence-electron chi connectivity index (χ2n) is 6.45. The van der Waals surface area contributed by atoms with E-state index in [9.17, 15) is 4.79 Å². The first-order chi connectivity index (χ1) is 13.6. The van der Waals surface area contributed by atoms with E-state index in [0.717, 1.165) is 18.7 Å². The Morgan fingerprint density at radius 1 is 0.714 bits per heavy atom. The predicted molar refractivity (Wildman–Crippen MR) is 112 cm³/mol. The van der Waals surface area contributed by atoms with E-state index < -0.39 is 12.1 Å². The van der Waals surface area contributed by atoms with E-state index in [4.69, 9.17) is 10.2 Å². The Hall–Kier alpha value is -2.95. The second kappa shape index (κ2) is 12.4. The number of rotatable bonds is 8. The van der Waals surface area contributed by atoms with Crippen molar-refractivity contribution in [2.24, 2.45) is 0 Å². The quantitative estimate of drug-likeness (QED) is 0.554. The molecule has 1 unspecified atom stereocenters. The van der Waals surface area contributed by atoms with Gasteiger partial charge >= 0.3 is 5.97 Å². The molecule has 3 rings (SSSR count). The zero-order valence-electron chi connectivity index (χ0n) is 15.9. The lowest BCUT2D eigenvalue weighted by Crippen LogP contribution is -2.19. The first-order valence-electron chi connectivity index (χ1n) is 9.38. The van der Waals surface area contributed by atoms with Gasteiger partial charge in [-0.3, -0.25) is 0 Å². The highest BCUT2D eigenvalue weighted by Gasteiger charge is 2.11. The minimum absolute atomic E-state index is 0.263. The van der Waals surface area contributed by atoms with Crippen LogP contribution in [0.1, 0.15) is 23.1 Å². The fourth-order valence-electron chi connectivity index (χ4n) is 2.61. The molecule has 0 bridgehead atoms. The van der Waals surface area contributed by atoms with E-state index in [1.807, 2.05) is 42.5 Å². The molecule has 3 aromatic rings. The Kier molecular flexibility index (Phi) is 9.49. The molecule has 4 heteroatoms. The van der Waals surface area contributed by atoms with Gasteiger partial charge < -0.3 is 15.5 Å². The molecule has 28 heavy (non-hydrogen) atoms. The number of aliphatic hydroxyl groups is 1. The normalized spacial score (nSPS) is 11.2. The average Bonchev–Trinajstić information content (AvgIpc) is 2.75. The maximum absolute atomic E-state index is 10.3. The number of aliphatic hydroxyl groups excluding tert-OH is 1. The van der Waals surface area contributed by atoms with Gasteiger partial charge in [0.15, 0.2) is 6.10 Å². The maximum atomic E-state index is 10.3. The predicted octanol–water partition coefficient (Wildman–Crippen LogP) is 4.04. The van der Waals surface area contributed by atoms with Gasteiger partial charge in [-0.2, -0.15) is 0 Å². The third-order valence-electron chi connectivity index (χ3n) is 4.18. The van der Waals surface area contributed by atoms with Crippen molar-refractivity contribution in [3.63, 3.8) is 0 Å². The van der Waals surface area contributed by atoms with Crippen LogP contribution in [0.3, 0.4) is 0 Å². The van der Waals surface area contributed by atoms with Crippen LogP contribution in [0.15, 0.2) is 91.0 Å². The summed E-state index contributed by atoms with van der Waals surface area (Å²) in [6.45, 7) is 1.85. The number of nitrogens with one attached hydrogen (secondary N) is 1. The van der Waals surface area contributed by atoms with Crippen LogP contribution in [-0.4, -0.2) is 22.3 Å². The summed E-state index contributed by atoms with van der Waals surface area (Å²) >= 11 is 0. The molecule has 3 aromatic carbocycles. The highest BCUT2D eigenvalue weighted by atomic mass is 16.4. The fraction of sp³-hybridized carbons (Fsp3) is 0.208. The van der Waals surface area contributed by atoms with E-state index in [1.54, 1.807) is 0 Å². The lowest BCUT2D eigenvalue weighted by molar-refractivity contribution is -0.146. The molecule has 0 aliphatic carbocycles. The SMILES string of the molecule is O=C(O)C(O)CCc1ccccc1.c1ccc(CNCc2ccccc2)cc1. The van der Waals surface area contributed by atoms with Crippen molar-refractivity contribution >= 4 is 5.97 Å². The highest BCUT2D eigenvalue weighted by Crippen LogP contribution is 2.04. The van der Waals surface area contributed by atoms with Gasteiger partial charge in [0.2, 0.25) is 0 Å². The zero-order valence-corrected chi connectivity index (χ0v) is 15.9. The average molecular weight is 377 g/mol. The van der Waals surface area contributed by atoms with Gasteiger partial charge in [-0.15, -0.1) is 0 Å². The number of carboxylic acids is 1. The molecule has 0 aromatic heterocycles. The fourth-order valence-corrected chi connectivity index (χ4v) is 2.61. The van der Waals surface area contributed by atoms with Crippen LogP contribution in [0.5, 0.6) is 0 Å². The van der Waals surface area contributed by atoms with Gasteiger partial charge in [-0.05, 0) is 29.5 Å². The smallest absolute Gasteiger partial charge is 0.332 e. The minimum atomic E-state index is -1.25. The van der Waals surface area contributed by atoms with Crippen molar-refractivity contribution < 1.29 is 15.0 Å². The van der Waals surface area contributed by atoms with Crippen LogP contribution in [0.25, 0.3) is 0 Å². The van der Waals surface area contributed by atoms with Crippen LogP contribution < -0.4 is 5.32 Å². The van der Waals surface area contributed by atoms with Gasteiger partial charge in [0.05, 0.1) is 0 Å². The molecule has 0 saturated carbocycles. The molecule has 0 aliphatic heterocycles. The molecule has 4 nitrogen and oxygen atoms in total. The van der Waals surface area contributed by atoms with Crippen LogP contribution in [-0.2, 0) is 24.3 Å². The highest BCUT2D eigenvalue weighted by molar-refractivity contribution is 5.71. The molecule has 3 N–H and O–H groups in total. The van der Waals surface area contributed by atoms with Crippen molar-refractivity contribution in [2.75, 3.05) is 0 Å². The number of benzene rings is 3. The van der Waals surface area contributed by atoms with E-state index >= 15 is 0 Å². The Balaban J connectivity index is 0.000000203. The third-order valence-corrected chi connectivity index (χ3v) is 4.18. The first kappa shape index (κ1) is 21.4. The van der Waals surface area contributed by atoms with E-state index in [2.05, 4.69) is 53.8 Å². The molecular weight excluding hydrogens is 350 g/mol. The van der Waals surface area contributed by atoms with Gasteiger partial charge in [0.25, 0.3) is 0 Å². The Bertz CT molecular complexity index is 752. The largest absolute Gasteiger partial charge is 0.479 e. The lowest BCUT2D eigenvalue weighted by Gasteiger charge is -2.04. The molecule has 0 amide bonds. The number of carbonyl (C=O) groups is 1. The first-order valence-corrected chi connectivity index (χ1v) is 9.38. The second-order valence-corrected chi connectivity index (χ2v) is 6.45. The summed E-state index contributed by atoms with van der Waals surface area (Å²) in [5.74, 6) is -1.16. The number of hydrogen-bond acceptors (Lipinski definition) is 3. The van der Waals surface area contributed by atoms with Crippen LogP contribution in [0.4, 0.5) is 0 Å². The molecule has 1 atom stereocenters. The van der Waals surface area contributed by atoms with Crippen LogP contribution in [0, 0.1) is 0 Å². The summed E-state index contributed by atoms with van der Waals surface area (Å²) in [4.78, 5) is 10.3. The Labute approximate surface area is 166 Å². The number of hydrogen-bond donors (Lipinski definition) is 3. The standard InChI is InChI=1S/C14H15N.C10H12O3/c1-3-7-13(8-4-1)11-15-12-14-9-5-2-6-10-14;11-9(10(12)13)7-6-8-4-2-1-3-5-8/h1-10,15H,11-12H2;1-5,9,11H,6-7H2,(H,12,13). The number of aliphatic carboxylic acids is 1. The topological polar surface area (TPSA) is 69.6 Å². The maximum Gasteiger partial charge on any atom is 0.332 e. The molecular formula is C24H27NO3. The molecule has 0 saturated heterocycles. The van der Waals surface area contributed by atoms with E-state index in [1.165, 1.54) is 11.1 Å². The Morgan fingerprint density at radius 3 is 1.50 bits per heavy atom. The summed E-state index contributed by atoms with van der Waals surface area (Å²) in [5.41, 5.74) is 3.70. The van der Waals surface area contributed by atoms with Crippen molar-refractivity contribution in [1.29, 1.82) is 0 Å². The van der Waals surface area contributed by atoms with Crippen molar-refractivity contribution in [3.8, 4) is 0 Å². The number of aryl methyl sites for hydroxylation is 1. The summed E-state index contributed by atoms with van der Waals surface area (Å²) in [7, 11) is 0. The van der Waals surface area contributed by atoms with Gasteiger partial charge in [0.1, 0.15) is 0 Å². The monoisotopic (exact) mass is 377 g/mol. The molecule has 0 radical (unpaired) electrons. The summed E-state index contributed by atoms with van der Waals surface area (Å²) in [5, 5.41) is 20.8. The molecule has 0 heterocycles. The molecule has 0 fully saturated rings. The van der Waals surface area contributed by atoms with Crippen molar-refractivity contribution in [3.05, 3.63) is 108 Å². The van der Waals surface area contributed by atoms with Gasteiger partial charge in [-0.1, -0.05) is 91.0 Å². The van der Waals surface area contributed by atoms with Crippen molar-refractivity contribution in [2.45, 2.75) is 32.0 Å². The molecule has 0 spiro atoms. The van der Waals surface area contributed by atoms with Gasteiger partial charge in [0, 0.05) is 13.1 Å². The summed E-state index contributed by atoms with van der Waals surface area (Å²) < 4.78 is 0. The Morgan fingerprint density at radius 2 is 1.11 bits per heavy atom. The minimum Gasteiger partial charge on any atom is -0.479 e. The lowest BCUT2D eigenvalue weighted by atomic mass is 10.1. The van der Waals surface area contributed by atoms with Gasteiger partial charge in [-0.25, -0.2) is 4.79 Å². The summed E-state index contributed by atoms with van der Waals surface area (Å²) in [6.07, 6.45) is -0.395. The number of carboxylic acid groups (broad SMARTS) is 1. The summed E-state index contributed by atoms with van der Waals surface area (Å²) in [6, 6.07) is 30.4. The van der Waals surface area contributed by atoms with E-state index in [-0.39, 0.29) is 6.42 Å². The van der Waals surface area contributed by atoms with Crippen LogP contribution >= 0.6 is 0 Å². The van der Waals surface area contributed by atoms with Crippen molar-refractivity contribution in [1.82, 2.24) is 5.32 Å². The molecule has 146 valence electrons. The third kappa shape index (κ3) is 8.62.